The van der Waals surface area contributed by atoms with Crippen molar-refractivity contribution >= 4 is 22.9 Å². The Morgan fingerprint density at radius 1 is 1.14 bits per heavy atom. The second kappa shape index (κ2) is 10.4. The highest BCUT2D eigenvalue weighted by Gasteiger charge is 2.58. The van der Waals surface area contributed by atoms with Crippen LogP contribution < -0.4 is 10.6 Å². The van der Waals surface area contributed by atoms with Gasteiger partial charge in [0, 0.05) is 18.7 Å². The van der Waals surface area contributed by atoms with E-state index in [2.05, 4.69) is 25.9 Å². The Balaban J connectivity index is 1.30. The lowest BCUT2D eigenvalue weighted by atomic mass is 10.1. The third kappa shape index (κ3) is 4.79. The monoisotopic (exact) mass is 575 g/mol. The average molecular weight is 576 g/mol. The van der Waals surface area contributed by atoms with Crippen LogP contribution in [0.3, 0.4) is 0 Å². The van der Waals surface area contributed by atoms with Crippen LogP contribution in [0.2, 0.25) is 0 Å². The molecule has 220 valence electrons. The molecule has 5 atom stereocenters. The summed E-state index contributed by atoms with van der Waals surface area (Å²) in [5.74, 6) is -0.308. The van der Waals surface area contributed by atoms with Crippen LogP contribution in [0.15, 0.2) is 36.8 Å². The summed E-state index contributed by atoms with van der Waals surface area (Å²) in [6.45, 7) is 9.25. The summed E-state index contributed by atoms with van der Waals surface area (Å²) in [5, 5.41) is 15.0. The molecule has 0 spiro atoms. The number of carbonyl (C=O) groups is 1. The maximum absolute atomic E-state index is 12.9. The maximum Gasteiger partial charge on any atom is 0.256 e. The fraction of sp³-hybridized carbons (Fsp3) is 0.500. The SMILES string of the molecule is CCNC(=O)[C@H]1O[C@@H](n2cnc3c(NC4CCOC4)nc(-n4cc(-c5ccc(C)cc5)nn4)nc32)[C@@H]2OC(C)(C)O[C@@H]21. The molecule has 1 unspecified atom stereocenters. The van der Waals surface area contributed by atoms with Crippen LogP contribution in [0.25, 0.3) is 28.4 Å². The third-order valence-corrected chi connectivity index (χ3v) is 7.64. The van der Waals surface area contributed by atoms with E-state index in [9.17, 15) is 4.79 Å². The van der Waals surface area contributed by atoms with Crippen molar-refractivity contribution in [2.45, 2.75) is 70.5 Å². The van der Waals surface area contributed by atoms with Crippen LogP contribution in [0.5, 0.6) is 0 Å². The molecule has 3 saturated heterocycles. The van der Waals surface area contributed by atoms with Crippen molar-refractivity contribution in [3.8, 4) is 17.2 Å². The lowest BCUT2D eigenvalue weighted by Crippen LogP contribution is -2.42. The minimum absolute atomic E-state index is 0.0709. The van der Waals surface area contributed by atoms with Crippen molar-refractivity contribution in [1.82, 2.24) is 39.8 Å². The molecule has 14 nitrogen and oxygen atoms in total. The van der Waals surface area contributed by atoms with E-state index in [-0.39, 0.29) is 11.9 Å². The number of likely N-dealkylation sites (N-methyl/N-ethyl adjacent to an activating group) is 1. The van der Waals surface area contributed by atoms with E-state index < -0.39 is 30.3 Å². The Hall–Kier alpha value is -3.98. The van der Waals surface area contributed by atoms with Gasteiger partial charge in [-0.1, -0.05) is 35.0 Å². The molecule has 7 rings (SSSR count). The Morgan fingerprint density at radius 2 is 1.95 bits per heavy atom. The van der Waals surface area contributed by atoms with Gasteiger partial charge < -0.3 is 29.6 Å². The van der Waals surface area contributed by atoms with Crippen LogP contribution >= 0.6 is 0 Å². The number of ether oxygens (including phenoxy) is 4. The van der Waals surface area contributed by atoms with Crippen molar-refractivity contribution in [2.24, 2.45) is 0 Å². The number of anilines is 1. The fourth-order valence-electron chi connectivity index (χ4n) is 5.64. The zero-order chi connectivity index (χ0) is 29.0. The molecule has 1 aromatic carbocycles. The summed E-state index contributed by atoms with van der Waals surface area (Å²) in [4.78, 5) is 27.3. The number of aromatic nitrogens is 7. The minimum Gasteiger partial charge on any atom is -0.379 e. The zero-order valence-corrected chi connectivity index (χ0v) is 23.9. The van der Waals surface area contributed by atoms with Crippen molar-refractivity contribution in [3.05, 3.63) is 42.4 Å². The molecule has 42 heavy (non-hydrogen) atoms. The number of aryl methyl sites for hydroxylation is 1. The molecule has 14 heteroatoms. The summed E-state index contributed by atoms with van der Waals surface area (Å²) >= 11 is 0. The summed E-state index contributed by atoms with van der Waals surface area (Å²) < 4.78 is 27.6. The number of amides is 1. The number of fused-ring (bicyclic) bond motifs is 2. The predicted octanol–water partition coefficient (Wildman–Crippen LogP) is 2.14. The summed E-state index contributed by atoms with van der Waals surface area (Å²) in [6, 6.07) is 8.13. The highest BCUT2D eigenvalue weighted by molar-refractivity contribution is 5.84. The Labute approximate surface area is 241 Å². The fourth-order valence-corrected chi connectivity index (χ4v) is 5.64. The second-order valence-electron chi connectivity index (χ2n) is 11.2. The van der Waals surface area contributed by atoms with Gasteiger partial charge in [0.25, 0.3) is 11.9 Å². The van der Waals surface area contributed by atoms with Crippen molar-refractivity contribution in [2.75, 3.05) is 25.1 Å². The Bertz CT molecular complexity index is 1610. The summed E-state index contributed by atoms with van der Waals surface area (Å²) in [5.41, 5.74) is 3.82. The molecule has 2 N–H and O–H groups in total. The first-order valence-electron chi connectivity index (χ1n) is 14.2. The highest BCUT2D eigenvalue weighted by Crippen LogP contribution is 2.44. The van der Waals surface area contributed by atoms with Gasteiger partial charge in [0.2, 0.25) is 0 Å². The van der Waals surface area contributed by atoms with Gasteiger partial charge in [0.15, 0.2) is 35.1 Å². The third-order valence-electron chi connectivity index (χ3n) is 7.64. The van der Waals surface area contributed by atoms with Gasteiger partial charge in [-0.25, -0.2) is 4.98 Å². The van der Waals surface area contributed by atoms with Gasteiger partial charge in [-0.05, 0) is 34.1 Å². The highest BCUT2D eigenvalue weighted by atomic mass is 16.8. The number of nitrogens with one attached hydrogen (secondary N) is 2. The van der Waals surface area contributed by atoms with Gasteiger partial charge in [-0.3, -0.25) is 9.36 Å². The molecule has 0 aliphatic carbocycles. The van der Waals surface area contributed by atoms with E-state index in [0.29, 0.717) is 48.4 Å². The van der Waals surface area contributed by atoms with Gasteiger partial charge in [0.1, 0.15) is 17.9 Å². The van der Waals surface area contributed by atoms with Gasteiger partial charge in [-0.15, -0.1) is 5.10 Å². The molecular formula is C28H33N9O5. The van der Waals surface area contributed by atoms with Gasteiger partial charge >= 0.3 is 0 Å². The van der Waals surface area contributed by atoms with Gasteiger partial charge in [0.05, 0.1) is 25.2 Å². The molecule has 0 radical (unpaired) electrons. The van der Waals surface area contributed by atoms with Crippen molar-refractivity contribution in [1.29, 1.82) is 0 Å². The standard InChI is InChI=1S/C28H33N9O5/c1-5-29-25(38)21-20-22(42-28(3,4)41-20)26(40-21)36-14-30-19-23(31-17-10-11-39-13-17)32-27(33-24(19)36)37-12-18(34-35-37)16-8-6-15(2)7-9-16/h6-9,12,14,17,20-22,26H,5,10-11,13H2,1-4H3,(H,29,38)(H,31,32,33)/t17?,20-,21+,22-,26-/m1/s1. The molecule has 0 bridgehead atoms. The summed E-state index contributed by atoms with van der Waals surface area (Å²) in [6.07, 6.45) is 1.51. The number of hydrogen-bond acceptors (Lipinski definition) is 11. The quantitative estimate of drug-likeness (QED) is 0.333. The van der Waals surface area contributed by atoms with Gasteiger partial charge in [-0.2, -0.15) is 14.6 Å². The van der Waals surface area contributed by atoms with E-state index in [0.717, 1.165) is 17.5 Å². The second-order valence-corrected chi connectivity index (χ2v) is 11.2. The van der Waals surface area contributed by atoms with Crippen molar-refractivity contribution < 1.29 is 23.7 Å². The van der Waals surface area contributed by atoms with Crippen LogP contribution in [0.1, 0.15) is 39.0 Å². The first-order valence-corrected chi connectivity index (χ1v) is 14.2. The molecule has 4 aromatic rings. The number of benzene rings is 1. The van der Waals surface area contributed by atoms with E-state index in [1.54, 1.807) is 17.1 Å². The normalized spacial score (nSPS) is 26.5. The molecule has 3 aliphatic heterocycles. The zero-order valence-electron chi connectivity index (χ0n) is 23.9. The molecule has 3 aromatic heterocycles. The maximum atomic E-state index is 12.9. The number of hydrogen-bond donors (Lipinski definition) is 2. The number of nitrogens with zero attached hydrogens (tertiary/aromatic N) is 7. The Kier molecular flexibility index (Phi) is 6.65. The topological polar surface area (TPSA) is 152 Å². The Morgan fingerprint density at radius 3 is 2.71 bits per heavy atom. The molecule has 0 saturated carbocycles. The van der Waals surface area contributed by atoms with E-state index in [1.165, 1.54) is 4.68 Å². The summed E-state index contributed by atoms with van der Waals surface area (Å²) in [7, 11) is 0. The smallest absolute Gasteiger partial charge is 0.256 e. The minimum atomic E-state index is -0.888. The largest absolute Gasteiger partial charge is 0.379 e. The van der Waals surface area contributed by atoms with E-state index in [4.69, 9.17) is 28.9 Å². The lowest BCUT2D eigenvalue weighted by molar-refractivity contribution is -0.197. The van der Waals surface area contributed by atoms with Crippen LogP contribution in [-0.4, -0.2) is 90.3 Å². The average Bonchev–Trinajstić information content (AvgIpc) is 3.78. The molecule has 3 aliphatic rings. The van der Waals surface area contributed by atoms with E-state index in [1.807, 2.05) is 52.0 Å². The first-order chi connectivity index (χ1) is 20.3. The predicted molar refractivity (Wildman–Crippen MR) is 150 cm³/mol. The molecule has 1 amide bonds. The van der Waals surface area contributed by atoms with Crippen molar-refractivity contribution in [3.63, 3.8) is 0 Å². The molecular weight excluding hydrogens is 542 g/mol. The van der Waals surface area contributed by atoms with Crippen LogP contribution in [0.4, 0.5) is 5.82 Å². The van der Waals surface area contributed by atoms with E-state index >= 15 is 0 Å². The number of imidazole rings is 1. The van der Waals surface area contributed by atoms with Crippen LogP contribution in [-0.2, 0) is 23.7 Å². The number of carbonyl (C=O) groups excluding carboxylic acids is 1. The number of rotatable bonds is 7. The molecule has 6 heterocycles. The first kappa shape index (κ1) is 26.9. The lowest BCUT2D eigenvalue weighted by Gasteiger charge is -2.24. The molecule has 3 fully saturated rings. The van der Waals surface area contributed by atoms with Crippen LogP contribution in [0, 0.1) is 6.92 Å².